The van der Waals surface area contributed by atoms with E-state index < -0.39 is 18.1 Å². The third-order valence-corrected chi connectivity index (χ3v) is 6.64. The largest absolute Gasteiger partial charge is 0.401 e. The molecule has 0 aromatic carbocycles. The van der Waals surface area contributed by atoms with E-state index in [4.69, 9.17) is 0 Å². The van der Waals surface area contributed by atoms with Crippen LogP contribution in [0.3, 0.4) is 0 Å². The lowest BCUT2D eigenvalue weighted by Gasteiger charge is -2.53. The SMILES string of the molecule is CN1CN(C2CCC(CNCC(F)(F)F)CC2)C2c3cc[nH]c3N=CC2(C)C1=O. The predicted molar refractivity (Wildman–Crippen MR) is 104 cm³/mol. The summed E-state index contributed by atoms with van der Waals surface area (Å²) >= 11 is 0. The molecule has 2 atom stereocenters. The average Bonchev–Trinajstić information content (AvgIpc) is 3.13. The Morgan fingerprint density at radius 1 is 1.31 bits per heavy atom. The summed E-state index contributed by atoms with van der Waals surface area (Å²) < 4.78 is 37.1. The lowest BCUT2D eigenvalue weighted by molar-refractivity contribution is -0.154. The number of aromatic amines is 1. The highest BCUT2D eigenvalue weighted by atomic mass is 19.4. The van der Waals surface area contributed by atoms with E-state index in [-0.39, 0.29) is 17.9 Å². The van der Waals surface area contributed by atoms with Gasteiger partial charge in [0.2, 0.25) is 5.91 Å². The summed E-state index contributed by atoms with van der Waals surface area (Å²) in [5.41, 5.74) is 0.332. The van der Waals surface area contributed by atoms with Crippen molar-refractivity contribution in [2.45, 2.75) is 50.9 Å². The van der Waals surface area contributed by atoms with Gasteiger partial charge in [-0.1, -0.05) is 0 Å². The van der Waals surface area contributed by atoms with E-state index in [1.165, 1.54) is 0 Å². The topological polar surface area (TPSA) is 63.7 Å². The van der Waals surface area contributed by atoms with Crippen molar-refractivity contribution < 1.29 is 18.0 Å². The number of nitrogens with one attached hydrogen (secondary N) is 2. The Kier molecular flexibility index (Phi) is 5.23. The Hall–Kier alpha value is -1.87. The van der Waals surface area contributed by atoms with Gasteiger partial charge < -0.3 is 15.2 Å². The molecule has 6 nitrogen and oxygen atoms in total. The van der Waals surface area contributed by atoms with Crippen LogP contribution in [0, 0.1) is 11.3 Å². The molecule has 1 aliphatic carbocycles. The van der Waals surface area contributed by atoms with Crippen molar-refractivity contribution in [3.05, 3.63) is 17.8 Å². The lowest BCUT2D eigenvalue weighted by atomic mass is 9.73. The van der Waals surface area contributed by atoms with Crippen molar-refractivity contribution in [1.82, 2.24) is 20.1 Å². The number of fused-ring (bicyclic) bond motifs is 3. The third kappa shape index (κ3) is 3.82. The number of carbonyl (C=O) groups is 1. The second-order valence-electron chi connectivity index (χ2n) is 8.80. The zero-order valence-corrected chi connectivity index (χ0v) is 16.8. The second kappa shape index (κ2) is 7.43. The second-order valence-corrected chi connectivity index (χ2v) is 8.80. The molecule has 3 heterocycles. The summed E-state index contributed by atoms with van der Waals surface area (Å²) in [6.45, 7) is 1.98. The lowest BCUT2D eigenvalue weighted by Crippen LogP contribution is -2.62. The zero-order chi connectivity index (χ0) is 20.8. The summed E-state index contributed by atoms with van der Waals surface area (Å²) in [7, 11) is 1.82. The third-order valence-electron chi connectivity index (χ3n) is 6.64. The van der Waals surface area contributed by atoms with Crippen molar-refractivity contribution in [1.29, 1.82) is 0 Å². The maximum absolute atomic E-state index is 13.0. The van der Waals surface area contributed by atoms with Gasteiger partial charge in [0.15, 0.2) is 0 Å². The maximum atomic E-state index is 13.0. The number of alkyl halides is 3. The summed E-state index contributed by atoms with van der Waals surface area (Å²) in [5.74, 6) is 1.14. The standard InChI is InChI=1S/C20H28F3N5O/c1-19-10-26-17-15(7-8-25-17)16(19)28(12-27(2)18(19)29)14-5-3-13(4-6-14)9-24-11-20(21,22)23/h7-8,10,13-14,16,24-25H,3-6,9,11-12H2,1-2H3. The molecule has 2 fully saturated rings. The van der Waals surface area contributed by atoms with E-state index in [1.54, 1.807) is 11.1 Å². The first-order chi connectivity index (χ1) is 13.7. The molecule has 1 amide bonds. The van der Waals surface area contributed by atoms with Crippen molar-refractivity contribution in [2.24, 2.45) is 16.3 Å². The number of nitrogens with zero attached hydrogens (tertiary/aromatic N) is 3. The summed E-state index contributed by atoms with van der Waals surface area (Å²) in [4.78, 5) is 24.8. The smallest absolute Gasteiger partial charge is 0.346 e. The molecule has 1 aromatic rings. The first-order valence-electron chi connectivity index (χ1n) is 10.2. The van der Waals surface area contributed by atoms with Gasteiger partial charge in [-0.3, -0.25) is 9.69 Å². The van der Waals surface area contributed by atoms with Gasteiger partial charge in [-0.2, -0.15) is 13.2 Å². The fourth-order valence-corrected chi connectivity index (χ4v) is 5.22. The number of hydrogen-bond donors (Lipinski definition) is 2. The van der Waals surface area contributed by atoms with Crippen molar-refractivity contribution in [3.63, 3.8) is 0 Å². The Bertz CT molecular complexity index is 783. The predicted octanol–water partition coefficient (Wildman–Crippen LogP) is 3.22. The minimum atomic E-state index is -4.16. The number of H-pyrrole nitrogens is 1. The van der Waals surface area contributed by atoms with E-state index in [1.807, 2.05) is 26.2 Å². The number of amides is 1. The minimum absolute atomic E-state index is 0.0689. The molecule has 1 saturated carbocycles. The molecule has 2 unspecified atom stereocenters. The molecule has 160 valence electrons. The van der Waals surface area contributed by atoms with Gasteiger partial charge in [0.25, 0.3) is 0 Å². The normalized spacial score (nSPS) is 32.9. The molecule has 0 spiro atoms. The van der Waals surface area contributed by atoms with Crippen LogP contribution < -0.4 is 5.32 Å². The molecule has 0 radical (unpaired) electrons. The van der Waals surface area contributed by atoms with Crippen LogP contribution in [0.15, 0.2) is 17.3 Å². The van der Waals surface area contributed by atoms with E-state index >= 15 is 0 Å². The molecule has 0 bridgehead atoms. The van der Waals surface area contributed by atoms with Gasteiger partial charge in [-0.05, 0) is 51.1 Å². The summed E-state index contributed by atoms with van der Waals surface area (Å²) in [6, 6.07) is 2.23. The van der Waals surface area contributed by atoms with Crippen LogP contribution in [-0.4, -0.2) is 65.9 Å². The number of halogens is 3. The fourth-order valence-electron chi connectivity index (χ4n) is 5.22. The first kappa shape index (κ1) is 20.4. The van der Waals surface area contributed by atoms with Crippen molar-refractivity contribution >= 4 is 17.9 Å². The molecule has 4 rings (SSSR count). The molecule has 2 aliphatic heterocycles. The number of aliphatic imine (C=N–C) groups is 1. The van der Waals surface area contributed by atoms with E-state index in [9.17, 15) is 18.0 Å². The van der Waals surface area contributed by atoms with Gasteiger partial charge in [0.1, 0.15) is 11.2 Å². The number of hydrogen-bond acceptors (Lipinski definition) is 4. The van der Waals surface area contributed by atoms with Crippen LogP contribution in [0.25, 0.3) is 0 Å². The maximum Gasteiger partial charge on any atom is 0.401 e. The summed E-state index contributed by atoms with van der Waals surface area (Å²) in [6.07, 6.45) is 3.09. The van der Waals surface area contributed by atoms with Crippen LogP contribution in [0.1, 0.15) is 44.2 Å². The molecular weight excluding hydrogens is 383 g/mol. The van der Waals surface area contributed by atoms with Crippen LogP contribution in [-0.2, 0) is 4.79 Å². The van der Waals surface area contributed by atoms with E-state index in [2.05, 4.69) is 20.2 Å². The molecule has 29 heavy (non-hydrogen) atoms. The minimum Gasteiger partial charge on any atom is -0.346 e. The number of carbonyl (C=O) groups excluding carboxylic acids is 1. The Morgan fingerprint density at radius 2 is 2.03 bits per heavy atom. The first-order valence-corrected chi connectivity index (χ1v) is 10.2. The quantitative estimate of drug-likeness (QED) is 0.800. The van der Waals surface area contributed by atoms with E-state index in [0.717, 1.165) is 37.1 Å². The highest BCUT2D eigenvalue weighted by molar-refractivity contribution is 6.01. The van der Waals surface area contributed by atoms with Crippen LogP contribution >= 0.6 is 0 Å². The monoisotopic (exact) mass is 411 g/mol. The van der Waals surface area contributed by atoms with Crippen LogP contribution in [0.5, 0.6) is 0 Å². The molecule has 3 aliphatic rings. The van der Waals surface area contributed by atoms with Crippen LogP contribution in [0.4, 0.5) is 19.0 Å². The van der Waals surface area contributed by atoms with Gasteiger partial charge >= 0.3 is 6.18 Å². The van der Waals surface area contributed by atoms with Crippen LogP contribution in [0.2, 0.25) is 0 Å². The molecule has 9 heteroatoms. The highest BCUT2D eigenvalue weighted by Crippen LogP contribution is 2.50. The molecule has 2 N–H and O–H groups in total. The Labute approximate surface area is 168 Å². The Morgan fingerprint density at radius 3 is 2.72 bits per heavy atom. The molecule has 1 aromatic heterocycles. The fraction of sp³-hybridized carbons (Fsp3) is 0.700. The molecular formula is C20H28F3N5O. The van der Waals surface area contributed by atoms with Crippen molar-refractivity contribution in [2.75, 3.05) is 26.8 Å². The van der Waals surface area contributed by atoms with E-state index in [0.29, 0.717) is 19.3 Å². The van der Waals surface area contributed by atoms with Gasteiger partial charge in [0, 0.05) is 31.1 Å². The zero-order valence-electron chi connectivity index (χ0n) is 16.8. The van der Waals surface area contributed by atoms with Gasteiger partial charge in [-0.25, -0.2) is 4.99 Å². The Balaban J connectivity index is 1.46. The van der Waals surface area contributed by atoms with Gasteiger partial charge in [-0.15, -0.1) is 0 Å². The molecule has 1 saturated heterocycles. The van der Waals surface area contributed by atoms with Crippen molar-refractivity contribution in [3.8, 4) is 0 Å². The average molecular weight is 411 g/mol. The number of rotatable bonds is 4. The summed E-state index contributed by atoms with van der Waals surface area (Å²) in [5, 5.41) is 2.55. The highest BCUT2D eigenvalue weighted by Gasteiger charge is 2.53. The van der Waals surface area contributed by atoms with Gasteiger partial charge in [0.05, 0.1) is 19.3 Å². The number of aromatic nitrogens is 1.